The highest BCUT2D eigenvalue weighted by molar-refractivity contribution is 6.09. The molecule has 128 valence electrons. The van der Waals surface area contributed by atoms with Crippen molar-refractivity contribution in [2.45, 2.75) is 20.0 Å². The Morgan fingerprint density at radius 1 is 1.08 bits per heavy atom. The van der Waals surface area contributed by atoms with Gasteiger partial charge >= 0.3 is 0 Å². The zero-order valence-corrected chi connectivity index (χ0v) is 13.8. The highest BCUT2D eigenvalue weighted by atomic mass is 16.5. The minimum atomic E-state index is -0.676. The molecule has 1 unspecified atom stereocenters. The Balaban J connectivity index is 1.84. The average molecular weight is 339 g/mol. The molecular formula is C18H17N3O4. The monoisotopic (exact) mass is 339 g/mol. The highest BCUT2D eigenvalue weighted by Gasteiger charge is 2.27. The van der Waals surface area contributed by atoms with Gasteiger partial charge in [-0.2, -0.15) is 0 Å². The summed E-state index contributed by atoms with van der Waals surface area (Å²) in [6.07, 6.45) is -0.676. The molecule has 0 spiro atoms. The first-order chi connectivity index (χ1) is 11.9. The van der Waals surface area contributed by atoms with E-state index < -0.39 is 6.10 Å². The van der Waals surface area contributed by atoms with Gasteiger partial charge < -0.3 is 20.7 Å². The summed E-state index contributed by atoms with van der Waals surface area (Å²) >= 11 is 0. The lowest BCUT2D eigenvalue weighted by Gasteiger charge is -2.25. The maximum Gasteiger partial charge on any atom is 0.265 e. The number of ether oxygens (including phenoxy) is 1. The Morgan fingerprint density at radius 3 is 2.48 bits per heavy atom. The standard InChI is InChI=1S/C18H17N3O4/c1-10-17(23)21-15-8-4-7-14(16(15)25-10)18(24)20-13-6-3-5-12(9-13)19-11(2)22/h3-10H,1-2H3,(H,19,22)(H,20,24)(H,21,23). The number of amides is 3. The lowest BCUT2D eigenvalue weighted by Crippen LogP contribution is -2.35. The van der Waals surface area contributed by atoms with Crippen LogP contribution in [0.15, 0.2) is 42.5 Å². The van der Waals surface area contributed by atoms with Crippen LogP contribution >= 0.6 is 0 Å². The smallest absolute Gasteiger partial charge is 0.265 e. The summed E-state index contributed by atoms with van der Waals surface area (Å²) in [6, 6.07) is 11.8. The number of rotatable bonds is 3. The minimum Gasteiger partial charge on any atom is -0.478 e. The van der Waals surface area contributed by atoms with E-state index in [0.29, 0.717) is 28.4 Å². The molecule has 1 aliphatic heterocycles. The fraction of sp³-hybridized carbons (Fsp3) is 0.167. The van der Waals surface area contributed by atoms with E-state index in [-0.39, 0.29) is 17.7 Å². The SMILES string of the molecule is CC(=O)Nc1cccc(NC(=O)c2cccc3c2OC(C)C(=O)N3)c1. The average Bonchev–Trinajstić information content (AvgIpc) is 2.55. The number of benzene rings is 2. The molecule has 2 aromatic carbocycles. The topological polar surface area (TPSA) is 96.5 Å². The predicted molar refractivity (Wildman–Crippen MR) is 93.9 cm³/mol. The third-order valence-corrected chi connectivity index (χ3v) is 3.62. The van der Waals surface area contributed by atoms with Crippen molar-refractivity contribution >= 4 is 34.8 Å². The largest absolute Gasteiger partial charge is 0.478 e. The lowest BCUT2D eigenvalue weighted by molar-refractivity contribution is -0.122. The van der Waals surface area contributed by atoms with Gasteiger partial charge in [0, 0.05) is 18.3 Å². The molecule has 1 heterocycles. The fourth-order valence-electron chi connectivity index (χ4n) is 2.48. The summed E-state index contributed by atoms with van der Waals surface area (Å²) < 4.78 is 5.58. The van der Waals surface area contributed by atoms with Crippen LogP contribution in [0.3, 0.4) is 0 Å². The van der Waals surface area contributed by atoms with Crippen molar-refractivity contribution in [2.24, 2.45) is 0 Å². The molecule has 3 amide bonds. The molecule has 0 aliphatic carbocycles. The molecule has 25 heavy (non-hydrogen) atoms. The molecule has 1 atom stereocenters. The number of carbonyl (C=O) groups excluding carboxylic acids is 3. The maximum atomic E-state index is 12.6. The van der Waals surface area contributed by atoms with Crippen LogP contribution in [0.5, 0.6) is 5.75 Å². The summed E-state index contributed by atoms with van der Waals surface area (Å²) in [6.45, 7) is 3.03. The summed E-state index contributed by atoms with van der Waals surface area (Å²) in [4.78, 5) is 35.4. The quantitative estimate of drug-likeness (QED) is 0.801. The second-order valence-electron chi connectivity index (χ2n) is 5.65. The third kappa shape index (κ3) is 3.60. The van der Waals surface area contributed by atoms with Crippen LogP contribution in [0, 0.1) is 0 Å². The number of fused-ring (bicyclic) bond motifs is 1. The van der Waals surface area contributed by atoms with Crippen molar-refractivity contribution < 1.29 is 19.1 Å². The van der Waals surface area contributed by atoms with Crippen LogP contribution in [-0.4, -0.2) is 23.8 Å². The molecule has 0 saturated carbocycles. The second kappa shape index (κ2) is 6.64. The van der Waals surface area contributed by atoms with Crippen LogP contribution in [-0.2, 0) is 9.59 Å². The number of hydrogen-bond acceptors (Lipinski definition) is 4. The van der Waals surface area contributed by atoms with Crippen LogP contribution < -0.4 is 20.7 Å². The Morgan fingerprint density at radius 2 is 1.76 bits per heavy atom. The molecule has 1 aliphatic rings. The van der Waals surface area contributed by atoms with Gasteiger partial charge in [-0.25, -0.2) is 0 Å². The number of hydrogen-bond donors (Lipinski definition) is 3. The van der Waals surface area contributed by atoms with Crippen molar-refractivity contribution in [1.29, 1.82) is 0 Å². The van der Waals surface area contributed by atoms with Crippen molar-refractivity contribution in [3.8, 4) is 5.75 Å². The van der Waals surface area contributed by atoms with Crippen LogP contribution in [0.1, 0.15) is 24.2 Å². The van der Waals surface area contributed by atoms with Gasteiger partial charge in [0.2, 0.25) is 5.91 Å². The van der Waals surface area contributed by atoms with Gasteiger partial charge in [0.25, 0.3) is 11.8 Å². The molecule has 0 aromatic heterocycles. The van der Waals surface area contributed by atoms with Crippen molar-refractivity contribution in [2.75, 3.05) is 16.0 Å². The van der Waals surface area contributed by atoms with Gasteiger partial charge in [-0.1, -0.05) is 12.1 Å². The van der Waals surface area contributed by atoms with E-state index in [1.807, 2.05) is 0 Å². The molecule has 7 heteroatoms. The van der Waals surface area contributed by atoms with Crippen LogP contribution in [0.25, 0.3) is 0 Å². The Labute approximate surface area is 144 Å². The predicted octanol–water partition coefficient (Wildman–Crippen LogP) is 2.62. The van der Waals surface area contributed by atoms with Crippen LogP contribution in [0.4, 0.5) is 17.1 Å². The van der Waals surface area contributed by atoms with E-state index in [1.165, 1.54) is 6.92 Å². The Kier molecular flexibility index (Phi) is 4.38. The number of anilines is 3. The van der Waals surface area contributed by atoms with Crippen molar-refractivity contribution in [3.05, 3.63) is 48.0 Å². The molecule has 3 rings (SSSR count). The summed E-state index contributed by atoms with van der Waals surface area (Å²) in [5.41, 5.74) is 1.89. The molecule has 0 radical (unpaired) electrons. The van der Waals surface area contributed by atoms with E-state index in [4.69, 9.17) is 4.74 Å². The van der Waals surface area contributed by atoms with Gasteiger partial charge in [0.1, 0.15) is 0 Å². The fourth-order valence-corrected chi connectivity index (χ4v) is 2.48. The van der Waals surface area contributed by atoms with Crippen molar-refractivity contribution in [3.63, 3.8) is 0 Å². The Bertz CT molecular complexity index is 863. The molecule has 7 nitrogen and oxygen atoms in total. The van der Waals surface area contributed by atoms with E-state index >= 15 is 0 Å². The highest BCUT2D eigenvalue weighted by Crippen LogP contribution is 2.33. The summed E-state index contributed by atoms with van der Waals surface area (Å²) in [5.74, 6) is -0.489. The molecular weight excluding hydrogens is 322 g/mol. The molecule has 3 N–H and O–H groups in total. The van der Waals surface area contributed by atoms with Gasteiger partial charge in [-0.05, 0) is 37.3 Å². The molecule has 0 bridgehead atoms. The van der Waals surface area contributed by atoms with Gasteiger partial charge in [0.05, 0.1) is 11.3 Å². The van der Waals surface area contributed by atoms with Gasteiger partial charge in [0.15, 0.2) is 11.9 Å². The number of nitrogens with one attached hydrogen (secondary N) is 3. The van der Waals surface area contributed by atoms with Gasteiger partial charge in [-0.15, -0.1) is 0 Å². The first kappa shape index (κ1) is 16.5. The summed E-state index contributed by atoms with van der Waals surface area (Å²) in [5, 5.41) is 8.13. The maximum absolute atomic E-state index is 12.6. The second-order valence-corrected chi connectivity index (χ2v) is 5.65. The van der Waals surface area contributed by atoms with E-state index in [2.05, 4.69) is 16.0 Å². The first-order valence-corrected chi connectivity index (χ1v) is 7.73. The molecule has 2 aromatic rings. The van der Waals surface area contributed by atoms with E-state index in [9.17, 15) is 14.4 Å². The zero-order valence-electron chi connectivity index (χ0n) is 13.8. The normalized spacial score (nSPS) is 15.4. The van der Waals surface area contributed by atoms with Crippen LogP contribution in [0.2, 0.25) is 0 Å². The van der Waals surface area contributed by atoms with Gasteiger partial charge in [-0.3, -0.25) is 14.4 Å². The van der Waals surface area contributed by atoms with E-state index in [0.717, 1.165) is 0 Å². The third-order valence-electron chi connectivity index (χ3n) is 3.62. The lowest BCUT2D eigenvalue weighted by atomic mass is 10.1. The molecule has 0 saturated heterocycles. The summed E-state index contributed by atoms with van der Waals surface area (Å²) in [7, 11) is 0. The zero-order chi connectivity index (χ0) is 18.0. The first-order valence-electron chi connectivity index (χ1n) is 7.73. The number of carbonyl (C=O) groups is 3. The van der Waals surface area contributed by atoms with Crippen molar-refractivity contribution in [1.82, 2.24) is 0 Å². The minimum absolute atomic E-state index is 0.196. The molecule has 0 fully saturated rings. The Hall–Kier alpha value is -3.35. The number of para-hydroxylation sites is 1. The van der Waals surface area contributed by atoms with E-state index in [1.54, 1.807) is 49.4 Å².